The van der Waals surface area contributed by atoms with E-state index in [2.05, 4.69) is 0 Å². The van der Waals surface area contributed by atoms with Crippen molar-refractivity contribution in [3.05, 3.63) is 12.2 Å². The van der Waals surface area contributed by atoms with Gasteiger partial charge in [0.05, 0.1) is 6.10 Å². The Morgan fingerprint density at radius 1 is 1.50 bits per heavy atom. The fraction of sp³-hybridized carbons (Fsp3) is 0.727. The lowest BCUT2D eigenvalue weighted by atomic mass is 10.2. The minimum absolute atomic E-state index is 0.0412. The molecular weight excluding hydrogens is 212 g/mol. The summed E-state index contributed by atoms with van der Waals surface area (Å²) in [4.78, 5) is 10.6. The van der Waals surface area contributed by atoms with Gasteiger partial charge in [0.2, 0.25) is 0 Å². The van der Waals surface area contributed by atoms with E-state index in [1.54, 1.807) is 12.2 Å². The molecule has 0 aromatic rings. The SMILES string of the molecule is CC(=O)OC[C@@H]1C=C[C@H](O)[C@@H](OC(C)C)O1. The van der Waals surface area contributed by atoms with Crippen LogP contribution in [0.5, 0.6) is 0 Å². The molecule has 0 fully saturated rings. The Hall–Kier alpha value is -0.910. The first-order valence-electron chi connectivity index (χ1n) is 5.29. The third-order valence-electron chi connectivity index (χ3n) is 1.97. The highest BCUT2D eigenvalue weighted by Crippen LogP contribution is 2.16. The van der Waals surface area contributed by atoms with Crippen molar-refractivity contribution in [2.24, 2.45) is 0 Å². The van der Waals surface area contributed by atoms with E-state index in [1.165, 1.54) is 6.92 Å². The molecule has 3 atom stereocenters. The lowest BCUT2D eigenvalue weighted by Gasteiger charge is -2.30. The van der Waals surface area contributed by atoms with Gasteiger partial charge in [0.25, 0.3) is 0 Å². The quantitative estimate of drug-likeness (QED) is 0.566. The van der Waals surface area contributed by atoms with E-state index >= 15 is 0 Å². The van der Waals surface area contributed by atoms with Crippen molar-refractivity contribution in [1.29, 1.82) is 0 Å². The first-order chi connectivity index (χ1) is 7.49. The van der Waals surface area contributed by atoms with Crippen LogP contribution in [0.1, 0.15) is 20.8 Å². The second kappa shape index (κ2) is 5.98. The molecule has 0 saturated heterocycles. The number of ether oxygens (including phenoxy) is 3. The minimum atomic E-state index is -0.782. The fourth-order valence-electron chi connectivity index (χ4n) is 1.30. The summed E-state index contributed by atoms with van der Waals surface area (Å²) in [6.07, 6.45) is 1.36. The summed E-state index contributed by atoms with van der Waals surface area (Å²) in [5.41, 5.74) is 0. The summed E-state index contributed by atoms with van der Waals surface area (Å²) in [5.74, 6) is -0.357. The smallest absolute Gasteiger partial charge is 0.302 e. The van der Waals surface area contributed by atoms with Gasteiger partial charge >= 0.3 is 5.97 Å². The molecule has 0 unspecified atom stereocenters. The predicted molar refractivity (Wildman–Crippen MR) is 56.7 cm³/mol. The summed E-state index contributed by atoms with van der Waals surface area (Å²) >= 11 is 0. The molecule has 0 bridgehead atoms. The van der Waals surface area contributed by atoms with Crippen molar-refractivity contribution in [3.63, 3.8) is 0 Å². The van der Waals surface area contributed by atoms with E-state index in [1.807, 2.05) is 13.8 Å². The number of hydrogen-bond acceptors (Lipinski definition) is 5. The second-order valence-electron chi connectivity index (χ2n) is 3.91. The van der Waals surface area contributed by atoms with Gasteiger partial charge in [0, 0.05) is 6.92 Å². The molecule has 0 saturated carbocycles. The number of rotatable bonds is 4. The van der Waals surface area contributed by atoms with Crippen LogP contribution in [0.25, 0.3) is 0 Å². The lowest BCUT2D eigenvalue weighted by molar-refractivity contribution is -0.225. The molecule has 0 aliphatic carbocycles. The highest BCUT2D eigenvalue weighted by atomic mass is 16.7. The van der Waals surface area contributed by atoms with Crippen molar-refractivity contribution in [2.45, 2.75) is 45.4 Å². The summed E-state index contributed by atoms with van der Waals surface area (Å²) in [7, 11) is 0. The Balaban J connectivity index is 2.45. The van der Waals surface area contributed by atoms with E-state index in [0.717, 1.165) is 0 Å². The van der Waals surface area contributed by atoms with Crippen LogP contribution in [-0.4, -0.2) is 42.3 Å². The highest BCUT2D eigenvalue weighted by molar-refractivity contribution is 5.65. The average Bonchev–Trinajstić information content (AvgIpc) is 2.18. The normalized spacial score (nSPS) is 29.4. The highest BCUT2D eigenvalue weighted by Gasteiger charge is 2.27. The molecule has 5 nitrogen and oxygen atoms in total. The molecule has 0 aromatic heterocycles. The molecule has 1 heterocycles. The average molecular weight is 230 g/mol. The van der Waals surface area contributed by atoms with E-state index in [9.17, 15) is 9.90 Å². The molecule has 1 rings (SSSR count). The third-order valence-corrected chi connectivity index (χ3v) is 1.97. The number of carbonyl (C=O) groups excluding carboxylic acids is 1. The van der Waals surface area contributed by atoms with Crippen molar-refractivity contribution in [2.75, 3.05) is 6.61 Å². The van der Waals surface area contributed by atoms with Crippen LogP contribution in [0, 0.1) is 0 Å². The minimum Gasteiger partial charge on any atom is -0.463 e. The molecule has 16 heavy (non-hydrogen) atoms. The zero-order valence-corrected chi connectivity index (χ0v) is 9.75. The molecule has 1 aliphatic heterocycles. The molecule has 5 heteroatoms. The molecule has 1 aliphatic rings. The standard InChI is InChI=1S/C11H18O5/c1-7(2)15-11-10(13)5-4-9(16-11)6-14-8(3)12/h4-5,7,9-11,13H,6H2,1-3H3/t9-,10-,11-/m0/s1. The molecule has 0 amide bonds. The van der Waals surface area contributed by atoms with Gasteiger partial charge in [-0.2, -0.15) is 0 Å². The molecule has 92 valence electrons. The zero-order chi connectivity index (χ0) is 12.1. The zero-order valence-electron chi connectivity index (χ0n) is 9.75. The van der Waals surface area contributed by atoms with Crippen LogP contribution >= 0.6 is 0 Å². The van der Waals surface area contributed by atoms with Gasteiger partial charge in [-0.15, -0.1) is 0 Å². The maximum Gasteiger partial charge on any atom is 0.302 e. The Morgan fingerprint density at radius 3 is 2.75 bits per heavy atom. The summed E-state index contributed by atoms with van der Waals surface area (Å²) in [5, 5.41) is 9.57. The van der Waals surface area contributed by atoms with Gasteiger partial charge in [-0.05, 0) is 13.8 Å². The Labute approximate surface area is 95.0 Å². The maximum atomic E-state index is 10.6. The van der Waals surface area contributed by atoms with Crippen LogP contribution < -0.4 is 0 Å². The Kier molecular flexibility index (Phi) is 4.92. The van der Waals surface area contributed by atoms with Gasteiger partial charge < -0.3 is 19.3 Å². The molecule has 0 radical (unpaired) electrons. The van der Waals surface area contributed by atoms with Crippen LogP contribution in [0.3, 0.4) is 0 Å². The van der Waals surface area contributed by atoms with E-state index < -0.39 is 12.4 Å². The predicted octanol–water partition coefficient (Wildman–Crippen LogP) is 0.616. The largest absolute Gasteiger partial charge is 0.463 e. The third kappa shape index (κ3) is 4.30. The number of esters is 1. The van der Waals surface area contributed by atoms with Gasteiger partial charge in [0.1, 0.15) is 18.8 Å². The summed E-state index contributed by atoms with van der Waals surface area (Å²) in [6, 6.07) is 0. The first-order valence-corrected chi connectivity index (χ1v) is 5.29. The maximum absolute atomic E-state index is 10.6. The van der Waals surface area contributed by atoms with Gasteiger partial charge in [-0.3, -0.25) is 4.79 Å². The lowest BCUT2D eigenvalue weighted by Crippen LogP contribution is -2.40. The monoisotopic (exact) mass is 230 g/mol. The Morgan fingerprint density at radius 2 is 2.19 bits per heavy atom. The molecule has 0 spiro atoms. The molecule has 1 N–H and O–H groups in total. The van der Waals surface area contributed by atoms with Crippen molar-refractivity contribution in [1.82, 2.24) is 0 Å². The van der Waals surface area contributed by atoms with Crippen molar-refractivity contribution in [3.8, 4) is 0 Å². The Bertz CT molecular complexity index is 261. The number of aliphatic hydroxyl groups is 1. The van der Waals surface area contributed by atoms with Crippen LogP contribution in [-0.2, 0) is 19.0 Å². The number of aliphatic hydroxyl groups excluding tert-OH is 1. The van der Waals surface area contributed by atoms with E-state index in [-0.39, 0.29) is 24.8 Å². The fourth-order valence-corrected chi connectivity index (χ4v) is 1.30. The topological polar surface area (TPSA) is 65.0 Å². The van der Waals surface area contributed by atoms with E-state index in [4.69, 9.17) is 14.2 Å². The number of hydrogen-bond donors (Lipinski definition) is 1. The second-order valence-corrected chi connectivity index (χ2v) is 3.91. The summed E-state index contributed by atoms with van der Waals surface area (Å²) < 4.78 is 15.6. The van der Waals surface area contributed by atoms with Gasteiger partial charge in [-0.25, -0.2) is 0 Å². The first kappa shape index (κ1) is 13.2. The van der Waals surface area contributed by atoms with Crippen molar-refractivity contribution < 1.29 is 24.1 Å². The van der Waals surface area contributed by atoms with Crippen molar-refractivity contribution >= 4 is 5.97 Å². The van der Waals surface area contributed by atoms with Gasteiger partial charge in [-0.1, -0.05) is 12.2 Å². The molecule has 0 aromatic carbocycles. The van der Waals surface area contributed by atoms with Crippen LogP contribution in [0.2, 0.25) is 0 Å². The number of carbonyl (C=O) groups is 1. The van der Waals surface area contributed by atoms with E-state index in [0.29, 0.717) is 0 Å². The van der Waals surface area contributed by atoms with Gasteiger partial charge in [0.15, 0.2) is 6.29 Å². The molecular formula is C11H18O5. The van der Waals surface area contributed by atoms with Crippen LogP contribution in [0.15, 0.2) is 12.2 Å². The summed E-state index contributed by atoms with van der Waals surface area (Å²) in [6.45, 7) is 5.19. The van der Waals surface area contributed by atoms with Crippen LogP contribution in [0.4, 0.5) is 0 Å².